The van der Waals surface area contributed by atoms with E-state index in [2.05, 4.69) is 0 Å². The van der Waals surface area contributed by atoms with E-state index in [0.29, 0.717) is 22.5 Å². The highest BCUT2D eigenvalue weighted by molar-refractivity contribution is 6.57. The largest absolute Gasteiger partial charge is 0.127 e. The Morgan fingerprint density at radius 3 is 1.53 bits per heavy atom. The first-order chi connectivity index (χ1) is 7.20. The smallest absolute Gasteiger partial charge is 0.0318 e. The molecular weight excluding hydrogens is 306 g/mol. The Balaban J connectivity index is 3.17. The molecule has 0 bridgehead atoms. The van der Waals surface area contributed by atoms with Gasteiger partial charge in [0.15, 0.2) is 0 Å². The lowest BCUT2D eigenvalue weighted by atomic mass is 10.4. The van der Waals surface area contributed by atoms with Crippen molar-refractivity contribution in [2.75, 3.05) is 11.8 Å². The summed E-state index contributed by atoms with van der Waals surface area (Å²) in [5.74, 6) is 1.39. The number of alkyl halides is 4. The van der Waals surface area contributed by atoms with Crippen molar-refractivity contribution in [2.24, 2.45) is 0 Å². The van der Waals surface area contributed by atoms with Crippen LogP contribution in [0.15, 0.2) is 0 Å². The molecule has 92 valence electrons. The number of rotatable bonds is 10. The van der Waals surface area contributed by atoms with E-state index in [1.165, 1.54) is 17.8 Å². The lowest BCUT2D eigenvalue weighted by Crippen LogP contribution is -2.09. The van der Waals surface area contributed by atoms with Gasteiger partial charge in [-0.3, -0.25) is 0 Å². The van der Waals surface area contributed by atoms with Crippen molar-refractivity contribution < 1.29 is 0 Å². The highest BCUT2D eigenvalue weighted by Crippen LogP contribution is 2.11. The van der Waals surface area contributed by atoms with Gasteiger partial charge in [0.2, 0.25) is 0 Å². The Hall–Kier alpha value is 1.59. The van der Waals surface area contributed by atoms with Crippen LogP contribution in [0.25, 0.3) is 0 Å². The van der Waals surface area contributed by atoms with Gasteiger partial charge in [0.25, 0.3) is 0 Å². The predicted molar refractivity (Wildman–Crippen MR) is 81.5 cm³/mol. The van der Waals surface area contributed by atoms with E-state index >= 15 is 0 Å². The molecule has 15 heavy (non-hydrogen) atoms. The third-order valence-corrected chi connectivity index (χ3v) is 10.6. The van der Waals surface area contributed by atoms with E-state index in [9.17, 15) is 0 Å². The van der Waals surface area contributed by atoms with Crippen molar-refractivity contribution in [3.8, 4) is 0 Å². The minimum absolute atomic E-state index is 0.0661. The fourth-order valence-electron chi connectivity index (χ4n) is 1.43. The summed E-state index contributed by atoms with van der Waals surface area (Å²) in [5, 5.41) is 0.663. The van der Waals surface area contributed by atoms with E-state index in [0.717, 1.165) is 12.8 Å². The van der Waals surface area contributed by atoms with E-state index < -0.39 is 0 Å². The number of hydrogen-bond donors (Lipinski definition) is 0. The number of hydrogen-bond acceptors (Lipinski definition) is 0. The second-order valence-corrected chi connectivity index (χ2v) is 11.2. The summed E-state index contributed by atoms with van der Waals surface area (Å²) < 4.78 is 0. The SMILES string of the molecule is ClCCC(Cl)C[SiH2]C[SiH2]CC(Cl)CCCl. The summed E-state index contributed by atoms with van der Waals surface area (Å²) in [5.41, 5.74) is 1.48. The van der Waals surface area contributed by atoms with Crippen molar-refractivity contribution in [3.63, 3.8) is 0 Å². The van der Waals surface area contributed by atoms with Gasteiger partial charge in [0.1, 0.15) is 0 Å². The van der Waals surface area contributed by atoms with Gasteiger partial charge >= 0.3 is 0 Å². The molecule has 2 unspecified atom stereocenters. The average molecular weight is 326 g/mol. The van der Waals surface area contributed by atoms with Gasteiger partial charge in [0, 0.05) is 41.6 Å². The van der Waals surface area contributed by atoms with Crippen LogP contribution < -0.4 is 0 Å². The topological polar surface area (TPSA) is 0 Å². The summed E-state index contributed by atoms with van der Waals surface area (Å²) in [6.45, 7) is 0. The van der Waals surface area contributed by atoms with Crippen LogP contribution >= 0.6 is 46.4 Å². The molecule has 0 rings (SSSR count). The molecule has 0 aliphatic carbocycles. The summed E-state index contributed by atoms with van der Waals surface area (Å²) in [7, 11) is 0.132. The fourth-order valence-corrected chi connectivity index (χ4v) is 8.52. The molecular formula is C9H20Cl4Si2. The fraction of sp³-hybridized carbons (Fsp3) is 1.00. The molecule has 0 radical (unpaired) electrons. The Kier molecular flexibility index (Phi) is 13.3. The summed E-state index contributed by atoms with van der Waals surface area (Å²) in [6, 6.07) is 2.48. The monoisotopic (exact) mass is 324 g/mol. The second-order valence-electron chi connectivity index (χ2n) is 3.79. The molecule has 0 aromatic heterocycles. The van der Waals surface area contributed by atoms with Gasteiger partial charge in [-0.2, -0.15) is 0 Å². The molecule has 0 aromatic rings. The highest BCUT2D eigenvalue weighted by Gasteiger charge is 2.06. The first-order valence-electron chi connectivity index (χ1n) is 5.60. The summed E-state index contributed by atoms with van der Waals surface area (Å²) in [4.78, 5) is 0. The summed E-state index contributed by atoms with van der Waals surface area (Å²) in [6.07, 6.45) is 1.92. The van der Waals surface area contributed by atoms with Crippen LogP contribution in [0.2, 0.25) is 17.8 Å². The first-order valence-corrected chi connectivity index (χ1v) is 11.5. The molecule has 0 aromatic carbocycles. The first kappa shape index (κ1) is 16.6. The molecule has 0 spiro atoms. The molecule has 0 saturated heterocycles. The predicted octanol–water partition coefficient (Wildman–Crippen LogP) is 3.01. The number of halogens is 4. The van der Waals surface area contributed by atoms with Crippen LogP contribution in [-0.2, 0) is 0 Å². The van der Waals surface area contributed by atoms with Crippen LogP contribution in [0.1, 0.15) is 12.8 Å². The quantitative estimate of drug-likeness (QED) is 0.329. The van der Waals surface area contributed by atoms with Crippen LogP contribution in [0.3, 0.4) is 0 Å². The van der Waals surface area contributed by atoms with Gasteiger partial charge in [-0.1, -0.05) is 5.67 Å². The maximum absolute atomic E-state index is 6.09. The van der Waals surface area contributed by atoms with Crippen LogP contribution in [-0.4, -0.2) is 41.6 Å². The third-order valence-electron chi connectivity index (χ3n) is 2.38. The van der Waals surface area contributed by atoms with E-state index in [4.69, 9.17) is 46.4 Å². The minimum atomic E-state index is 0.0661. The Morgan fingerprint density at radius 1 is 0.800 bits per heavy atom. The van der Waals surface area contributed by atoms with Crippen LogP contribution in [0.4, 0.5) is 0 Å². The molecule has 6 heteroatoms. The van der Waals surface area contributed by atoms with Crippen molar-refractivity contribution in [3.05, 3.63) is 0 Å². The highest BCUT2D eigenvalue weighted by atomic mass is 35.5. The molecule has 0 N–H and O–H groups in total. The van der Waals surface area contributed by atoms with Crippen molar-refractivity contribution >= 4 is 65.4 Å². The van der Waals surface area contributed by atoms with Crippen molar-refractivity contribution in [2.45, 2.75) is 41.4 Å². The zero-order valence-corrected chi connectivity index (χ0v) is 14.9. The second kappa shape index (κ2) is 12.1. The van der Waals surface area contributed by atoms with E-state index in [1.807, 2.05) is 0 Å². The van der Waals surface area contributed by atoms with Crippen LogP contribution in [0.5, 0.6) is 0 Å². The zero-order chi connectivity index (χ0) is 11.5. The Labute approximate surface area is 118 Å². The van der Waals surface area contributed by atoms with Gasteiger partial charge in [-0.25, -0.2) is 0 Å². The third kappa shape index (κ3) is 11.9. The van der Waals surface area contributed by atoms with Gasteiger partial charge < -0.3 is 0 Å². The maximum Gasteiger partial charge on any atom is 0.0318 e. The lowest BCUT2D eigenvalue weighted by molar-refractivity contribution is 0.891. The Morgan fingerprint density at radius 2 is 1.20 bits per heavy atom. The molecule has 2 atom stereocenters. The molecule has 0 amide bonds. The normalized spacial score (nSPS) is 16.8. The molecule has 0 fully saturated rings. The van der Waals surface area contributed by atoms with E-state index in [1.54, 1.807) is 0 Å². The standard InChI is InChI=1S/C9H20Cl4Si2/c10-3-1-8(12)5-14-7-15-6-9(13)2-4-11/h8-9H,1-7,14-15H2. The summed E-state index contributed by atoms with van der Waals surface area (Å²) >= 11 is 23.4. The van der Waals surface area contributed by atoms with E-state index in [-0.39, 0.29) is 19.0 Å². The molecule has 0 nitrogen and oxygen atoms in total. The molecule has 0 aliphatic rings. The van der Waals surface area contributed by atoms with Gasteiger partial charge in [-0.15, -0.1) is 46.4 Å². The minimum Gasteiger partial charge on any atom is -0.127 e. The zero-order valence-electron chi connectivity index (χ0n) is 9.03. The average Bonchev–Trinajstić information content (AvgIpc) is 2.18. The Bertz CT molecular complexity index is 123. The van der Waals surface area contributed by atoms with Crippen molar-refractivity contribution in [1.29, 1.82) is 0 Å². The van der Waals surface area contributed by atoms with Crippen LogP contribution in [0, 0.1) is 0 Å². The molecule has 0 aliphatic heterocycles. The lowest BCUT2D eigenvalue weighted by Gasteiger charge is -2.08. The van der Waals surface area contributed by atoms with Crippen molar-refractivity contribution in [1.82, 2.24) is 0 Å². The maximum atomic E-state index is 6.09. The molecule has 0 saturated carbocycles. The molecule has 0 heterocycles. The van der Waals surface area contributed by atoms with Gasteiger partial charge in [-0.05, 0) is 24.9 Å². The van der Waals surface area contributed by atoms with Gasteiger partial charge in [0.05, 0.1) is 0 Å².